The number of nitrogens with one attached hydrogen (secondary N) is 1. The van der Waals surface area contributed by atoms with Crippen LogP contribution in [0.15, 0.2) is 57.8 Å². The third-order valence-electron chi connectivity index (χ3n) is 5.07. The molecule has 1 aromatic heterocycles. The molecule has 1 aliphatic carbocycles. The van der Waals surface area contributed by atoms with Gasteiger partial charge in [-0.3, -0.25) is 13.9 Å². The minimum absolute atomic E-state index is 0.0324. The van der Waals surface area contributed by atoms with E-state index in [2.05, 4.69) is 21.2 Å². The van der Waals surface area contributed by atoms with Gasteiger partial charge in [0, 0.05) is 11.0 Å². The molecule has 0 bridgehead atoms. The molecule has 0 radical (unpaired) electrons. The number of imidazole rings is 1. The Labute approximate surface area is 159 Å². The molecular weight excluding hydrogens is 394 g/mol. The molecule has 1 aliphatic rings. The predicted octanol–water partition coefficient (Wildman–Crippen LogP) is 3.39. The van der Waals surface area contributed by atoms with Crippen molar-refractivity contribution in [3.05, 3.63) is 69.1 Å². The maximum atomic E-state index is 12.7. The zero-order valence-corrected chi connectivity index (χ0v) is 16.1. The van der Waals surface area contributed by atoms with Crippen molar-refractivity contribution in [2.45, 2.75) is 38.4 Å². The van der Waals surface area contributed by atoms with Gasteiger partial charge in [-0.05, 0) is 49.6 Å². The molecule has 2 aromatic carbocycles. The van der Waals surface area contributed by atoms with E-state index in [1.165, 1.54) is 0 Å². The Morgan fingerprint density at radius 3 is 2.27 bits per heavy atom. The third kappa shape index (κ3) is 2.88. The number of hydrogen-bond acceptors (Lipinski definition) is 2. The Balaban J connectivity index is 1.60. The Morgan fingerprint density at radius 2 is 1.69 bits per heavy atom. The molecule has 0 spiro atoms. The van der Waals surface area contributed by atoms with E-state index in [0.29, 0.717) is 6.54 Å². The van der Waals surface area contributed by atoms with Crippen LogP contribution in [0.1, 0.15) is 25.3 Å². The van der Waals surface area contributed by atoms with Crippen molar-refractivity contribution in [1.29, 1.82) is 0 Å². The van der Waals surface area contributed by atoms with Gasteiger partial charge in [0.25, 0.3) is 0 Å². The average molecular weight is 414 g/mol. The van der Waals surface area contributed by atoms with Gasteiger partial charge in [-0.2, -0.15) is 0 Å². The third-order valence-corrected chi connectivity index (χ3v) is 5.60. The van der Waals surface area contributed by atoms with Crippen LogP contribution in [0.2, 0.25) is 0 Å². The molecule has 1 amide bonds. The second-order valence-corrected chi connectivity index (χ2v) is 7.65. The van der Waals surface area contributed by atoms with Gasteiger partial charge in [0.1, 0.15) is 6.54 Å². The standard InChI is InChI=1S/C20H20BrN3O2/c1-2-23-16-5-3-4-6-17(16)24(19(23)26)13-18(25)22-20(11-12-20)14-7-9-15(21)10-8-14/h3-10H,2,11-13H2,1H3,(H,22,25). The molecule has 4 rings (SSSR count). The number of hydrogen-bond donors (Lipinski definition) is 1. The summed E-state index contributed by atoms with van der Waals surface area (Å²) in [5.41, 5.74) is 2.34. The van der Waals surface area contributed by atoms with E-state index >= 15 is 0 Å². The number of benzene rings is 2. The van der Waals surface area contributed by atoms with Gasteiger partial charge < -0.3 is 5.32 Å². The van der Waals surface area contributed by atoms with Crippen LogP contribution < -0.4 is 11.0 Å². The number of fused-ring (bicyclic) bond motifs is 1. The van der Waals surface area contributed by atoms with E-state index in [9.17, 15) is 9.59 Å². The van der Waals surface area contributed by atoms with Crippen molar-refractivity contribution in [1.82, 2.24) is 14.5 Å². The molecule has 3 aromatic rings. The number of aromatic nitrogens is 2. The van der Waals surface area contributed by atoms with E-state index in [-0.39, 0.29) is 23.7 Å². The molecule has 1 heterocycles. The summed E-state index contributed by atoms with van der Waals surface area (Å²) < 4.78 is 4.28. The fraction of sp³-hybridized carbons (Fsp3) is 0.300. The van der Waals surface area contributed by atoms with Crippen LogP contribution in [0, 0.1) is 0 Å². The quantitative estimate of drug-likeness (QED) is 0.696. The molecule has 0 saturated heterocycles. The Bertz CT molecular complexity index is 1030. The first-order valence-electron chi connectivity index (χ1n) is 8.79. The van der Waals surface area contributed by atoms with Gasteiger partial charge in [-0.25, -0.2) is 4.79 Å². The summed E-state index contributed by atoms with van der Waals surface area (Å²) in [6.07, 6.45) is 1.85. The predicted molar refractivity (Wildman–Crippen MR) is 105 cm³/mol. The van der Waals surface area contributed by atoms with E-state index in [1.54, 1.807) is 9.13 Å². The highest BCUT2D eigenvalue weighted by Crippen LogP contribution is 2.45. The van der Waals surface area contributed by atoms with E-state index < -0.39 is 0 Å². The van der Waals surface area contributed by atoms with Crippen molar-refractivity contribution in [3.8, 4) is 0 Å². The summed E-state index contributed by atoms with van der Waals surface area (Å²) >= 11 is 3.44. The second-order valence-electron chi connectivity index (χ2n) is 6.74. The monoisotopic (exact) mass is 413 g/mol. The minimum atomic E-state index is -0.287. The fourth-order valence-electron chi connectivity index (χ4n) is 3.56. The first kappa shape index (κ1) is 17.1. The smallest absolute Gasteiger partial charge is 0.329 e. The molecule has 1 N–H and O–H groups in total. The minimum Gasteiger partial charge on any atom is -0.345 e. The number of nitrogens with zero attached hydrogens (tertiary/aromatic N) is 2. The molecular formula is C20H20BrN3O2. The lowest BCUT2D eigenvalue weighted by Crippen LogP contribution is -2.39. The normalized spacial score (nSPS) is 15.2. The van der Waals surface area contributed by atoms with Gasteiger partial charge in [-0.1, -0.05) is 40.2 Å². The average Bonchev–Trinajstić information content (AvgIpc) is 3.36. The first-order valence-corrected chi connectivity index (χ1v) is 9.58. The number of para-hydroxylation sites is 2. The zero-order valence-electron chi connectivity index (χ0n) is 14.5. The van der Waals surface area contributed by atoms with Crippen molar-refractivity contribution in [3.63, 3.8) is 0 Å². The van der Waals surface area contributed by atoms with E-state index in [0.717, 1.165) is 33.9 Å². The molecule has 1 saturated carbocycles. The van der Waals surface area contributed by atoms with Crippen LogP contribution in [-0.4, -0.2) is 15.0 Å². The van der Waals surface area contributed by atoms with Gasteiger partial charge in [0.2, 0.25) is 5.91 Å². The van der Waals surface area contributed by atoms with Crippen molar-refractivity contribution in [2.24, 2.45) is 0 Å². The van der Waals surface area contributed by atoms with Gasteiger partial charge in [0.05, 0.1) is 16.6 Å². The van der Waals surface area contributed by atoms with Crippen LogP contribution in [-0.2, 0) is 23.4 Å². The summed E-state index contributed by atoms with van der Waals surface area (Å²) in [6, 6.07) is 15.6. The number of rotatable bonds is 5. The van der Waals surface area contributed by atoms with Crippen LogP contribution in [0.25, 0.3) is 11.0 Å². The molecule has 134 valence electrons. The number of aryl methyl sites for hydroxylation is 1. The van der Waals surface area contributed by atoms with Gasteiger partial charge in [-0.15, -0.1) is 0 Å². The maximum absolute atomic E-state index is 12.7. The Morgan fingerprint density at radius 1 is 1.08 bits per heavy atom. The van der Waals surface area contributed by atoms with Crippen molar-refractivity contribution < 1.29 is 4.79 Å². The first-order chi connectivity index (χ1) is 12.5. The summed E-state index contributed by atoms with van der Waals surface area (Å²) in [7, 11) is 0. The highest BCUT2D eigenvalue weighted by Gasteiger charge is 2.45. The van der Waals surface area contributed by atoms with Crippen molar-refractivity contribution in [2.75, 3.05) is 0 Å². The lowest BCUT2D eigenvalue weighted by Gasteiger charge is -2.18. The van der Waals surface area contributed by atoms with Gasteiger partial charge >= 0.3 is 5.69 Å². The molecule has 26 heavy (non-hydrogen) atoms. The lowest BCUT2D eigenvalue weighted by atomic mass is 10.1. The number of amides is 1. The van der Waals surface area contributed by atoms with Crippen LogP contribution in [0.5, 0.6) is 0 Å². The van der Waals surface area contributed by atoms with Crippen LogP contribution in [0.4, 0.5) is 0 Å². The zero-order chi connectivity index (χ0) is 18.3. The van der Waals surface area contributed by atoms with E-state index in [4.69, 9.17) is 0 Å². The molecule has 1 fully saturated rings. The second kappa shape index (κ2) is 6.43. The molecule has 0 aliphatic heterocycles. The highest BCUT2D eigenvalue weighted by atomic mass is 79.9. The Hall–Kier alpha value is -2.34. The van der Waals surface area contributed by atoms with Crippen LogP contribution >= 0.6 is 15.9 Å². The molecule has 0 unspecified atom stereocenters. The summed E-state index contributed by atoms with van der Waals surface area (Å²) in [4.78, 5) is 25.4. The Kier molecular flexibility index (Phi) is 4.23. The molecule has 5 nitrogen and oxygen atoms in total. The topological polar surface area (TPSA) is 56.0 Å². The van der Waals surface area contributed by atoms with Gasteiger partial charge in [0.15, 0.2) is 0 Å². The summed E-state index contributed by atoms with van der Waals surface area (Å²) in [5.74, 6) is -0.133. The lowest BCUT2D eigenvalue weighted by molar-refractivity contribution is -0.122. The van der Waals surface area contributed by atoms with Crippen LogP contribution in [0.3, 0.4) is 0 Å². The largest absolute Gasteiger partial charge is 0.345 e. The molecule has 0 atom stereocenters. The molecule has 6 heteroatoms. The number of carbonyl (C=O) groups excluding carboxylic acids is 1. The fourth-order valence-corrected chi connectivity index (χ4v) is 3.82. The maximum Gasteiger partial charge on any atom is 0.329 e. The SMILES string of the molecule is CCn1c(=O)n(CC(=O)NC2(c3ccc(Br)cc3)CC2)c2ccccc21. The summed E-state index contributed by atoms with van der Waals surface area (Å²) in [5, 5.41) is 3.15. The highest BCUT2D eigenvalue weighted by molar-refractivity contribution is 9.10. The summed E-state index contributed by atoms with van der Waals surface area (Å²) in [6.45, 7) is 2.55. The number of carbonyl (C=O) groups is 1. The van der Waals surface area contributed by atoms with Crippen molar-refractivity contribution >= 4 is 32.9 Å². The van der Waals surface area contributed by atoms with E-state index in [1.807, 2.05) is 55.5 Å². The number of halogens is 1.